The van der Waals surface area contributed by atoms with Crippen molar-refractivity contribution in [2.24, 2.45) is 5.73 Å². The van der Waals surface area contributed by atoms with Crippen LogP contribution < -0.4 is 5.73 Å². The van der Waals surface area contributed by atoms with Crippen LogP contribution in [0.5, 0.6) is 11.5 Å². The molecule has 0 bridgehead atoms. The number of hydrogen-bond donors (Lipinski definition) is 3. The third kappa shape index (κ3) is 2.23. The van der Waals surface area contributed by atoms with E-state index in [1.54, 1.807) is 6.07 Å². The van der Waals surface area contributed by atoms with Crippen LogP contribution in [0.2, 0.25) is 0 Å². The van der Waals surface area contributed by atoms with Crippen molar-refractivity contribution >= 4 is 12.0 Å². The van der Waals surface area contributed by atoms with Gasteiger partial charge in [0, 0.05) is 17.6 Å². The number of phenols is 2. The largest absolute Gasteiger partial charge is 0.504 e. The van der Waals surface area contributed by atoms with Crippen molar-refractivity contribution in [1.29, 1.82) is 0 Å². The molecule has 4 nitrogen and oxygen atoms in total. The van der Waals surface area contributed by atoms with Gasteiger partial charge in [0.05, 0.1) is 0 Å². The highest BCUT2D eigenvalue weighted by atomic mass is 16.3. The van der Waals surface area contributed by atoms with Crippen molar-refractivity contribution in [3.05, 3.63) is 42.0 Å². The van der Waals surface area contributed by atoms with Gasteiger partial charge in [-0.15, -0.1) is 0 Å². The van der Waals surface area contributed by atoms with Crippen molar-refractivity contribution < 1.29 is 15.0 Å². The second kappa shape index (κ2) is 4.53. The lowest BCUT2D eigenvalue weighted by Gasteiger charge is -2.10. The maximum absolute atomic E-state index is 10.9. The Morgan fingerprint density at radius 2 is 2.06 bits per heavy atom. The second-order valence-electron chi connectivity index (χ2n) is 3.35. The predicted molar refractivity (Wildman–Crippen MR) is 61.9 cm³/mol. The first-order chi connectivity index (χ1) is 7.47. The van der Waals surface area contributed by atoms with Crippen molar-refractivity contribution in [3.8, 4) is 11.5 Å². The molecule has 0 aliphatic rings. The number of nitrogens with two attached hydrogens (primary N) is 1. The molecule has 84 valence electrons. The van der Waals surface area contributed by atoms with E-state index in [1.807, 2.05) is 0 Å². The van der Waals surface area contributed by atoms with Crippen LogP contribution in [-0.2, 0) is 11.2 Å². The van der Waals surface area contributed by atoms with Crippen LogP contribution in [0, 0.1) is 0 Å². The fraction of sp³-hybridized carbons (Fsp3) is 0.0833. The number of primary amides is 1. The first kappa shape index (κ1) is 11.8. The van der Waals surface area contributed by atoms with Gasteiger partial charge >= 0.3 is 0 Å². The molecule has 4 heteroatoms. The van der Waals surface area contributed by atoms with E-state index in [9.17, 15) is 15.0 Å². The lowest BCUT2D eigenvalue weighted by atomic mass is 9.98. The number of benzene rings is 1. The fourth-order valence-electron chi connectivity index (χ4n) is 1.32. The van der Waals surface area contributed by atoms with Crippen LogP contribution in [-0.4, -0.2) is 16.1 Å². The highest BCUT2D eigenvalue weighted by Gasteiger charge is 2.13. The van der Waals surface area contributed by atoms with Gasteiger partial charge < -0.3 is 15.9 Å². The van der Waals surface area contributed by atoms with Gasteiger partial charge in [0.15, 0.2) is 11.5 Å². The molecule has 0 atom stereocenters. The number of carbonyl (C=O) groups excluding carboxylic acids is 1. The zero-order valence-electron chi connectivity index (χ0n) is 8.73. The summed E-state index contributed by atoms with van der Waals surface area (Å²) in [6.45, 7) is 7.07. The van der Waals surface area contributed by atoms with Crippen LogP contribution in [0.15, 0.2) is 30.9 Å². The third-order valence-corrected chi connectivity index (χ3v) is 2.26. The molecule has 0 heterocycles. The first-order valence-electron chi connectivity index (χ1n) is 4.61. The molecule has 16 heavy (non-hydrogen) atoms. The predicted octanol–water partition coefficient (Wildman–Crippen LogP) is 1.32. The van der Waals surface area contributed by atoms with Gasteiger partial charge in [0.2, 0.25) is 5.91 Å². The van der Waals surface area contributed by atoms with E-state index in [0.29, 0.717) is 11.1 Å². The Labute approximate surface area is 93.3 Å². The topological polar surface area (TPSA) is 83.6 Å². The molecule has 0 unspecified atom stereocenters. The van der Waals surface area contributed by atoms with Gasteiger partial charge in [-0.3, -0.25) is 4.79 Å². The molecule has 4 N–H and O–H groups in total. The summed E-state index contributed by atoms with van der Waals surface area (Å²) < 4.78 is 0. The van der Waals surface area contributed by atoms with E-state index in [0.717, 1.165) is 0 Å². The van der Waals surface area contributed by atoms with E-state index in [-0.39, 0.29) is 23.5 Å². The van der Waals surface area contributed by atoms with E-state index in [4.69, 9.17) is 5.73 Å². The van der Waals surface area contributed by atoms with E-state index in [1.165, 1.54) is 12.1 Å². The van der Waals surface area contributed by atoms with E-state index < -0.39 is 5.91 Å². The second-order valence-corrected chi connectivity index (χ2v) is 3.35. The molecule has 0 radical (unpaired) electrons. The molecule has 0 fully saturated rings. The zero-order chi connectivity index (χ0) is 12.3. The Bertz CT molecular complexity index is 464. The minimum Gasteiger partial charge on any atom is -0.504 e. The van der Waals surface area contributed by atoms with Gasteiger partial charge in [-0.05, 0) is 11.6 Å². The van der Waals surface area contributed by atoms with Crippen LogP contribution >= 0.6 is 0 Å². The van der Waals surface area contributed by atoms with Gasteiger partial charge in [0.25, 0.3) is 0 Å². The summed E-state index contributed by atoms with van der Waals surface area (Å²) in [6, 6.07) is 2.94. The minimum absolute atomic E-state index is 0.0803. The SMILES string of the molecule is C=Cc1ccc(O)c(O)c1CC(=C)C(N)=O. The van der Waals surface area contributed by atoms with Gasteiger partial charge in [-0.2, -0.15) is 0 Å². The van der Waals surface area contributed by atoms with Gasteiger partial charge in [-0.1, -0.05) is 25.3 Å². The number of carbonyl (C=O) groups is 1. The summed E-state index contributed by atoms with van der Waals surface area (Å²) in [7, 11) is 0. The Morgan fingerprint density at radius 1 is 1.44 bits per heavy atom. The molecule has 0 aromatic heterocycles. The highest BCUT2D eigenvalue weighted by Crippen LogP contribution is 2.33. The third-order valence-electron chi connectivity index (χ3n) is 2.26. The Kier molecular flexibility index (Phi) is 3.35. The molecule has 0 saturated heterocycles. The molecule has 0 aliphatic heterocycles. The molecular weight excluding hydrogens is 206 g/mol. The fourth-order valence-corrected chi connectivity index (χ4v) is 1.32. The molecule has 1 amide bonds. The Balaban J connectivity index is 3.20. The maximum Gasteiger partial charge on any atom is 0.244 e. The summed E-state index contributed by atoms with van der Waals surface area (Å²) in [5.41, 5.74) is 6.22. The van der Waals surface area contributed by atoms with Crippen molar-refractivity contribution in [3.63, 3.8) is 0 Å². The van der Waals surface area contributed by atoms with Crippen LogP contribution in [0.4, 0.5) is 0 Å². The van der Waals surface area contributed by atoms with Crippen molar-refractivity contribution in [2.45, 2.75) is 6.42 Å². The average molecular weight is 219 g/mol. The highest BCUT2D eigenvalue weighted by molar-refractivity contribution is 5.92. The molecule has 0 spiro atoms. The quantitative estimate of drug-likeness (QED) is 0.527. The number of hydrogen-bond acceptors (Lipinski definition) is 3. The van der Waals surface area contributed by atoms with Crippen molar-refractivity contribution in [2.75, 3.05) is 0 Å². The normalized spacial score (nSPS) is 9.75. The van der Waals surface area contributed by atoms with Gasteiger partial charge in [0.1, 0.15) is 0 Å². The zero-order valence-corrected chi connectivity index (χ0v) is 8.73. The molecule has 1 rings (SSSR count). The number of phenolic OH excluding ortho intramolecular Hbond substituents is 2. The number of rotatable bonds is 4. The van der Waals surface area contributed by atoms with Crippen LogP contribution in [0.25, 0.3) is 6.08 Å². The molecular formula is C12H13NO3. The molecule has 0 saturated carbocycles. The number of amides is 1. The molecule has 1 aromatic rings. The lowest BCUT2D eigenvalue weighted by Crippen LogP contribution is -2.15. The minimum atomic E-state index is -0.641. The smallest absolute Gasteiger partial charge is 0.244 e. The summed E-state index contributed by atoms with van der Waals surface area (Å²) in [6.07, 6.45) is 1.60. The monoisotopic (exact) mass is 219 g/mol. The average Bonchev–Trinajstić information content (AvgIpc) is 2.25. The molecule has 1 aromatic carbocycles. The maximum atomic E-state index is 10.9. The van der Waals surface area contributed by atoms with E-state index in [2.05, 4.69) is 13.2 Å². The first-order valence-corrected chi connectivity index (χ1v) is 4.61. The summed E-state index contributed by atoms with van der Waals surface area (Å²) in [5.74, 6) is -1.17. The van der Waals surface area contributed by atoms with Crippen LogP contribution in [0.3, 0.4) is 0 Å². The Morgan fingerprint density at radius 3 is 2.56 bits per heavy atom. The van der Waals surface area contributed by atoms with Gasteiger partial charge in [-0.25, -0.2) is 0 Å². The summed E-state index contributed by atoms with van der Waals surface area (Å²) in [4.78, 5) is 10.9. The van der Waals surface area contributed by atoms with E-state index >= 15 is 0 Å². The summed E-state index contributed by atoms with van der Waals surface area (Å²) in [5, 5.41) is 19.0. The Hall–Kier alpha value is -2.23. The molecule has 0 aliphatic carbocycles. The number of aromatic hydroxyl groups is 2. The lowest BCUT2D eigenvalue weighted by molar-refractivity contribution is -0.114. The standard InChI is InChI=1S/C12H13NO3/c1-3-8-4-5-10(14)11(15)9(8)6-7(2)12(13)16/h3-5,14-15H,1-2,6H2,(H2,13,16). The van der Waals surface area contributed by atoms with Crippen molar-refractivity contribution in [1.82, 2.24) is 0 Å². The van der Waals surface area contributed by atoms with Crippen LogP contribution in [0.1, 0.15) is 11.1 Å². The summed E-state index contributed by atoms with van der Waals surface area (Å²) >= 11 is 0.